The highest BCUT2D eigenvalue weighted by Gasteiger charge is 2.14. The van der Waals surface area contributed by atoms with Crippen LogP contribution in [0.15, 0.2) is 23.1 Å². The Morgan fingerprint density at radius 2 is 2.12 bits per heavy atom. The van der Waals surface area contributed by atoms with Crippen molar-refractivity contribution >= 4 is 33.0 Å². The summed E-state index contributed by atoms with van der Waals surface area (Å²) in [5.74, 6) is -1.61. The van der Waals surface area contributed by atoms with Gasteiger partial charge in [0.25, 0.3) is 0 Å². The Hall–Kier alpha value is -1.14. The van der Waals surface area contributed by atoms with E-state index in [4.69, 9.17) is 11.6 Å². The molecule has 1 aromatic carbocycles. The molecule has 16 heavy (non-hydrogen) atoms. The molecule has 0 aliphatic rings. The fraction of sp³-hybridized carbons (Fsp3) is 0.222. The van der Waals surface area contributed by atoms with Crippen LogP contribution in [0.1, 0.15) is 0 Å². The summed E-state index contributed by atoms with van der Waals surface area (Å²) >= 11 is 5.26. The number of nitrogens with one attached hydrogen (secondary N) is 1. The predicted molar refractivity (Wildman–Crippen MR) is 58.9 cm³/mol. The van der Waals surface area contributed by atoms with Crippen LogP contribution in [-0.2, 0) is 14.6 Å². The van der Waals surface area contributed by atoms with Gasteiger partial charge in [-0.1, -0.05) is 0 Å². The largest absolute Gasteiger partial charge is 0.325 e. The third-order valence-corrected chi connectivity index (χ3v) is 3.09. The van der Waals surface area contributed by atoms with Gasteiger partial charge in [-0.3, -0.25) is 4.79 Å². The van der Waals surface area contributed by atoms with Gasteiger partial charge in [0.2, 0.25) is 5.91 Å². The molecule has 1 amide bonds. The molecular formula is C9H9ClFNO3S. The average Bonchev–Trinajstić information content (AvgIpc) is 2.19. The summed E-state index contributed by atoms with van der Waals surface area (Å²) in [6, 6.07) is 3.28. The van der Waals surface area contributed by atoms with Gasteiger partial charge in [-0.2, -0.15) is 0 Å². The predicted octanol–water partition coefficient (Wildman–Crippen LogP) is 1.41. The minimum Gasteiger partial charge on any atom is -0.325 e. The third-order valence-electron chi connectivity index (χ3n) is 1.74. The molecule has 0 aromatic heterocycles. The minimum atomic E-state index is -3.66. The van der Waals surface area contributed by atoms with Crippen LogP contribution in [0.5, 0.6) is 0 Å². The molecule has 1 rings (SSSR count). The van der Waals surface area contributed by atoms with E-state index in [2.05, 4.69) is 5.32 Å². The first-order valence-electron chi connectivity index (χ1n) is 4.20. The summed E-state index contributed by atoms with van der Waals surface area (Å²) in [6.07, 6.45) is 0.887. The molecule has 0 atom stereocenters. The molecule has 1 aromatic rings. The van der Waals surface area contributed by atoms with Crippen LogP contribution in [0.4, 0.5) is 10.1 Å². The zero-order valence-corrected chi connectivity index (χ0v) is 9.90. The number of hydrogen-bond donors (Lipinski definition) is 1. The molecule has 0 spiro atoms. The molecule has 0 radical (unpaired) electrons. The fourth-order valence-electron chi connectivity index (χ4n) is 1.06. The smallest absolute Gasteiger partial charge is 0.239 e. The lowest BCUT2D eigenvalue weighted by Gasteiger charge is -2.06. The maximum Gasteiger partial charge on any atom is 0.239 e. The third kappa shape index (κ3) is 3.18. The van der Waals surface area contributed by atoms with E-state index in [-0.39, 0.29) is 11.6 Å². The topological polar surface area (TPSA) is 63.2 Å². The number of carbonyl (C=O) groups excluding carboxylic acids is 1. The molecule has 88 valence electrons. The number of hydrogen-bond acceptors (Lipinski definition) is 3. The normalized spacial score (nSPS) is 11.2. The van der Waals surface area contributed by atoms with Gasteiger partial charge in [-0.15, -0.1) is 11.6 Å². The van der Waals surface area contributed by atoms with E-state index in [0.717, 1.165) is 18.4 Å². The highest BCUT2D eigenvalue weighted by atomic mass is 35.5. The summed E-state index contributed by atoms with van der Waals surface area (Å²) in [7, 11) is -3.66. The van der Waals surface area contributed by atoms with Crippen LogP contribution in [0, 0.1) is 5.82 Å². The summed E-state index contributed by atoms with van der Waals surface area (Å²) in [5.41, 5.74) is 0.187. The van der Waals surface area contributed by atoms with Crippen molar-refractivity contribution in [2.24, 2.45) is 0 Å². The number of anilines is 1. The van der Waals surface area contributed by atoms with Gasteiger partial charge in [0.15, 0.2) is 9.84 Å². The molecule has 0 heterocycles. The molecule has 0 aliphatic heterocycles. The molecule has 0 fully saturated rings. The van der Waals surface area contributed by atoms with Gasteiger partial charge in [-0.25, -0.2) is 12.8 Å². The van der Waals surface area contributed by atoms with Gasteiger partial charge in [-0.05, 0) is 18.2 Å². The van der Waals surface area contributed by atoms with Crippen molar-refractivity contribution in [1.82, 2.24) is 0 Å². The highest BCUT2D eigenvalue weighted by Crippen LogP contribution is 2.19. The fourth-order valence-corrected chi connectivity index (χ4v) is 1.89. The van der Waals surface area contributed by atoms with Gasteiger partial charge < -0.3 is 5.32 Å². The highest BCUT2D eigenvalue weighted by molar-refractivity contribution is 7.90. The maximum atomic E-state index is 13.2. The summed E-state index contributed by atoms with van der Waals surface area (Å²) in [6.45, 7) is 0. The average molecular weight is 266 g/mol. The van der Waals surface area contributed by atoms with Gasteiger partial charge in [0, 0.05) is 11.9 Å². The van der Waals surface area contributed by atoms with Gasteiger partial charge in [0.1, 0.15) is 16.6 Å². The summed E-state index contributed by atoms with van der Waals surface area (Å²) in [4.78, 5) is 10.5. The lowest BCUT2D eigenvalue weighted by molar-refractivity contribution is -0.113. The standard InChI is InChI=1S/C9H9ClFNO3S/c1-16(14,15)8-4-6(2-3-7(8)11)12-9(13)5-10/h2-4H,5H2,1H3,(H,12,13). The van der Waals surface area contributed by atoms with Crippen LogP contribution in [0.25, 0.3) is 0 Å². The Morgan fingerprint density at radius 1 is 1.50 bits per heavy atom. The summed E-state index contributed by atoms with van der Waals surface area (Å²) < 4.78 is 35.5. The van der Waals surface area contributed by atoms with Gasteiger partial charge in [0.05, 0.1) is 0 Å². The lowest BCUT2D eigenvalue weighted by atomic mass is 10.3. The second-order valence-electron chi connectivity index (χ2n) is 3.10. The minimum absolute atomic E-state index is 0.187. The molecule has 4 nitrogen and oxygen atoms in total. The lowest BCUT2D eigenvalue weighted by Crippen LogP contribution is -2.13. The van der Waals surface area contributed by atoms with Crippen LogP contribution in [-0.4, -0.2) is 26.5 Å². The number of amides is 1. The van der Waals surface area contributed by atoms with E-state index in [1.807, 2.05) is 0 Å². The van der Waals surface area contributed by atoms with Crippen LogP contribution >= 0.6 is 11.6 Å². The molecule has 0 saturated carbocycles. The molecule has 0 bridgehead atoms. The molecule has 0 saturated heterocycles. The Labute approximate surface area is 97.3 Å². The number of carbonyl (C=O) groups is 1. The van der Waals surface area contributed by atoms with Crippen LogP contribution in [0.2, 0.25) is 0 Å². The second-order valence-corrected chi connectivity index (χ2v) is 5.35. The van der Waals surface area contributed by atoms with E-state index < -0.39 is 26.5 Å². The SMILES string of the molecule is CS(=O)(=O)c1cc(NC(=O)CCl)ccc1F. The van der Waals surface area contributed by atoms with Crippen molar-refractivity contribution in [2.45, 2.75) is 4.90 Å². The van der Waals surface area contributed by atoms with Gasteiger partial charge >= 0.3 is 0 Å². The molecular weight excluding hydrogens is 257 g/mol. The molecule has 7 heteroatoms. The van der Waals surface area contributed by atoms with Crippen molar-refractivity contribution < 1.29 is 17.6 Å². The van der Waals surface area contributed by atoms with Crippen LogP contribution in [0.3, 0.4) is 0 Å². The Kier molecular flexibility index (Phi) is 3.88. The monoisotopic (exact) mass is 265 g/mol. The van der Waals surface area contributed by atoms with E-state index in [9.17, 15) is 17.6 Å². The first-order valence-corrected chi connectivity index (χ1v) is 6.62. The van der Waals surface area contributed by atoms with E-state index in [1.54, 1.807) is 0 Å². The van der Waals surface area contributed by atoms with Crippen molar-refractivity contribution in [2.75, 3.05) is 17.5 Å². The zero-order chi connectivity index (χ0) is 12.3. The zero-order valence-electron chi connectivity index (χ0n) is 8.33. The molecule has 0 aliphatic carbocycles. The number of benzene rings is 1. The second kappa shape index (κ2) is 4.80. The van der Waals surface area contributed by atoms with Crippen molar-refractivity contribution in [1.29, 1.82) is 0 Å². The van der Waals surface area contributed by atoms with Crippen molar-refractivity contribution in [3.8, 4) is 0 Å². The van der Waals surface area contributed by atoms with E-state index >= 15 is 0 Å². The van der Waals surface area contributed by atoms with Crippen molar-refractivity contribution in [3.05, 3.63) is 24.0 Å². The molecule has 1 N–H and O–H groups in total. The van der Waals surface area contributed by atoms with E-state index in [0.29, 0.717) is 0 Å². The first-order chi connectivity index (χ1) is 7.34. The van der Waals surface area contributed by atoms with Crippen molar-refractivity contribution in [3.63, 3.8) is 0 Å². The van der Waals surface area contributed by atoms with E-state index in [1.165, 1.54) is 6.07 Å². The Bertz CT molecular complexity index is 515. The Morgan fingerprint density at radius 3 is 2.62 bits per heavy atom. The quantitative estimate of drug-likeness (QED) is 0.841. The molecule has 0 unspecified atom stereocenters. The Balaban J connectivity index is 3.13. The van der Waals surface area contributed by atoms with Crippen LogP contribution < -0.4 is 5.32 Å². The number of alkyl halides is 1. The first kappa shape index (κ1) is 12.9. The number of halogens is 2. The number of sulfone groups is 1. The summed E-state index contributed by atoms with van der Waals surface area (Å²) in [5, 5.41) is 2.33. The maximum absolute atomic E-state index is 13.2. The number of rotatable bonds is 3.